The Balaban J connectivity index is 2.90. The fraction of sp³-hybridized carbons (Fsp3) is 0.444. The summed E-state index contributed by atoms with van der Waals surface area (Å²) in [7, 11) is 0. The summed E-state index contributed by atoms with van der Waals surface area (Å²) in [6.45, 7) is 2.01. The van der Waals surface area contributed by atoms with Crippen molar-refractivity contribution in [3.05, 3.63) is 22.9 Å². The Labute approximate surface area is 93.5 Å². The van der Waals surface area contributed by atoms with E-state index in [0.717, 1.165) is 6.42 Å². The number of rotatable bonds is 2. The number of allylic oxidation sites excluding steroid dienone is 3. The first-order valence-corrected chi connectivity index (χ1v) is 5.09. The van der Waals surface area contributed by atoms with E-state index in [1.165, 1.54) is 0 Å². The van der Waals surface area contributed by atoms with Crippen LogP contribution in [0.25, 0.3) is 0 Å². The number of nitrogens with two attached hydrogens (primary N) is 2. The fourth-order valence-corrected chi connectivity index (χ4v) is 1.81. The summed E-state index contributed by atoms with van der Waals surface area (Å²) < 4.78 is 0. The summed E-state index contributed by atoms with van der Waals surface area (Å²) in [5.41, 5.74) is 11.1. The van der Waals surface area contributed by atoms with Crippen LogP contribution in [0, 0.1) is 0 Å². The maximum absolute atomic E-state index is 6.24. The second-order valence-corrected chi connectivity index (χ2v) is 4.43. The topological polar surface area (TPSA) is 64.4 Å². The smallest absolute Gasteiger partial charge is 0.191 e. The summed E-state index contributed by atoms with van der Waals surface area (Å²) in [5, 5.41) is 0.595. The standard InChI is InChI=1S/C9H13Cl2N3/c1-2-9(11)4-3-7(6(10)5-9)14-8(12)13/h3-4H,2,5H2,1H3,(H4,12,13,14). The highest BCUT2D eigenvalue weighted by atomic mass is 35.5. The van der Waals surface area contributed by atoms with Gasteiger partial charge in [0.25, 0.3) is 0 Å². The van der Waals surface area contributed by atoms with E-state index in [2.05, 4.69) is 4.99 Å². The first kappa shape index (κ1) is 11.4. The highest BCUT2D eigenvalue weighted by molar-refractivity contribution is 6.32. The minimum absolute atomic E-state index is 0.00127. The molecule has 0 aromatic heterocycles. The molecular formula is C9H13Cl2N3. The van der Waals surface area contributed by atoms with Gasteiger partial charge in [0, 0.05) is 11.5 Å². The number of nitrogens with zero attached hydrogens (tertiary/aromatic N) is 1. The molecule has 0 heterocycles. The van der Waals surface area contributed by atoms with E-state index < -0.39 is 0 Å². The molecule has 0 aromatic rings. The zero-order valence-corrected chi connectivity index (χ0v) is 9.44. The molecule has 0 spiro atoms. The monoisotopic (exact) mass is 233 g/mol. The highest BCUT2D eigenvalue weighted by Gasteiger charge is 2.27. The van der Waals surface area contributed by atoms with Gasteiger partial charge in [-0.1, -0.05) is 24.6 Å². The van der Waals surface area contributed by atoms with Crippen LogP contribution in [0.1, 0.15) is 19.8 Å². The lowest BCUT2D eigenvalue weighted by molar-refractivity contribution is 0.664. The molecule has 14 heavy (non-hydrogen) atoms. The van der Waals surface area contributed by atoms with Crippen molar-refractivity contribution in [2.45, 2.75) is 24.6 Å². The third kappa shape index (κ3) is 2.66. The van der Waals surface area contributed by atoms with Gasteiger partial charge in [-0.05, 0) is 12.5 Å². The van der Waals surface area contributed by atoms with Gasteiger partial charge in [-0.15, -0.1) is 11.6 Å². The van der Waals surface area contributed by atoms with Crippen LogP contribution >= 0.6 is 23.2 Å². The van der Waals surface area contributed by atoms with Crippen LogP contribution in [0.2, 0.25) is 0 Å². The van der Waals surface area contributed by atoms with Crippen LogP contribution in [-0.4, -0.2) is 10.8 Å². The highest BCUT2D eigenvalue weighted by Crippen LogP contribution is 2.36. The predicted molar refractivity (Wildman–Crippen MR) is 61.3 cm³/mol. The van der Waals surface area contributed by atoms with Crippen LogP contribution < -0.4 is 11.5 Å². The van der Waals surface area contributed by atoms with Gasteiger partial charge in [0.2, 0.25) is 0 Å². The lowest BCUT2D eigenvalue weighted by Crippen LogP contribution is -2.24. The van der Waals surface area contributed by atoms with Gasteiger partial charge in [-0.2, -0.15) is 0 Å². The van der Waals surface area contributed by atoms with Gasteiger partial charge < -0.3 is 11.5 Å². The molecule has 0 bridgehead atoms. The minimum atomic E-state index is -0.389. The maximum Gasteiger partial charge on any atom is 0.191 e. The number of hydrogen-bond donors (Lipinski definition) is 2. The number of alkyl halides is 1. The van der Waals surface area contributed by atoms with Crippen LogP contribution in [0.15, 0.2) is 27.9 Å². The average molecular weight is 234 g/mol. The van der Waals surface area contributed by atoms with E-state index in [4.69, 9.17) is 34.7 Å². The first-order chi connectivity index (χ1) is 6.47. The van der Waals surface area contributed by atoms with Crippen molar-refractivity contribution < 1.29 is 0 Å². The average Bonchev–Trinajstić information content (AvgIpc) is 2.10. The lowest BCUT2D eigenvalue weighted by Gasteiger charge is -2.24. The quantitative estimate of drug-likeness (QED) is 0.436. The Morgan fingerprint density at radius 2 is 2.29 bits per heavy atom. The fourth-order valence-electron chi connectivity index (χ4n) is 1.21. The number of halogens is 2. The van der Waals surface area contributed by atoms with Gasteiger partial charge in [-0.3, -0.25) is 0 Å². The number of aliphatic imine (C=N–C) groups is 1. The lowest BCUT2D eigenvalue weighted by atomic mass is 9.96. The molecule has 0 aliphatic heterocycles. The molecule has 3 nitrogen and oxygen atoms in total. The van der Waals surface area contributed by atoms with Crippen LogP contribution in [0.3, 0.4) is 0 Å². The Kier molecular flexibility index (Phi) is 3.45. The predicted octanol–water partition coefficient (Wildman–Crippen LogP) is 2.06. The van der Waals surface area contributed by atoms with Gasteiger partial charge in [0.15, 0.2) is 5.96 Å². The van der Waals surface area contributed by atoms with Crippen molar-refractivity contribution >= 4 is 29.2 Å². The minimum Gasteiger partial charge on any atom is -0.370 e. The Hall–Kier alpha value is -0.670. The second kappa shape index (κ2) is 4.24. The van der Waals surface area contributed by atoms with Crippen LogP contribution in [0.4, 0.5) is 0 Å². The largest absolute Gasteiger partial charge is 0.370 e. The van der Waals surface area contributed by atoms with Gasteiger partial charge in [-0.25, -0.2) is 4.99 Å². The molecule has 0 aromatic carbocycles. The molecular weight excluding hydrogens is 221 g/mol. The zero-order chi connectivity index (χ0) is 10.8. The van der Waals surface area contributed by atoms with Crippen molar-refractivity contribution in [1.29, 1.82) is 0 Å². The molecule has 1 atom stereocenters. The summed E-state index contributed by atoms with van der Waals surface area (Å²) in [5.74, 6) is 0.00127. The summed E-state index contributed by atoms with van der Waals surface area (Å²) in [4.78, 5) is 3.50. The van der Waals surface area contributed by atoms with Crippen LogP contribution in [0.5, 0.6) is 0 Å². The van der Waals surface area contributed by atoms with Crippen molar-refractivity contribution in [2.24, 2.45) is 16.5 Å². The molecule has 1 unspecified atom stereocenters. The Bertz CT molecular complexity index is 316. The van der Waals surface area contributed by atoms with E-state index >= 15 is 0 Å². The maximum atomic E-state index is 6.24. The summed E-state index contributed by atoms with van der Waals surface area (Å²) in [6.07, 6.45) is 5.01. The van der Waals surface area contributed by atoms with Crippen molar-refractivity contribution in [2.75, 3.05) is 0 Å². The summed E-state index contributed by atoms with van der Waals surface area (Å²) >= 11 is 12.3. The molecule has 0 radical (unpaired) electrons. The third-order valence-electron chi connectivity index (χ3n) is 2.10. The van der Waals surface area contributed by atoms with Crippen LogP contribution in [-0.2, 0) is 0 Å². The number of hydrogen-bond acceptors (Lipinski definition) is 1. The van der Waals surface area contributed by atoms with Crippen molar-refractivity contribution in [3.63, 3.8) is 0 Å². The molecule has 1 aliphatic rings. The van der Waals surface area contributed by atoms with Gasteiger partial charge in [0.05, 0.1) is 10.6 Å². The first-order valence-electron chi connectivity index (χ1n) is 4.33. The number of guanidine groups is 1. The molecule has 78 valence electrons. The Morgan fingerprint density at radius 1 is 1.64 bits per heavy atom. The van der Waals surface area contributed by atoms with Crippen molar-refractivity contribution in [3.8, 4) is 0 Å². The van der Waals surface area contributed by atoms with Gasteiger partial charge in [0.1, 0.15) is 0 Å². The van der Waals surface area contributed by atoms with Crippen molar-refractivity contribution in [1.82, 2.24) is 0 Å². The molecule has 0 saturated heterocycles. The van der Waals surface area contributed by atoms with E-state index in [9.17, 15) is 0 Å². The van der Waals surface area contributed by atoms with Gasteiger partial charge >= 0.3 is 0 Å². The molecule has 0 saturated carbocycles. The summed E-state index contributed by atoms with van der Waals surface area (Å²) in [6, 6.07) is 0. The van der Waals surface area contributed by atoms with E-state index in [0.29, 0.717) is 17.2 Å². The van der Waals surface area contributed by atoms with E-state index in [1.54, 1.807) is 6.08 Å². The molecule has 0 fully saturated rings. The molecule has 1 aliphatic carbocycles. The zero-order valence-electron chi connectivity index (χ0n) is 7.93. The molecule has 0 amide bonds. The van der Waals surface area contributed by atoms with E-state index in [1.807, 2.05) is 13.0 Å². The molecule has 4 N–H and O–H groups in total. The normalized spacial score (nSPS) is 26.5. The second-order valence-electron chi connectivity index (χ2n) is 3.23. The Morgan fingerprint density at radius 3 is 2.71 bits per heavy atom. The SMILES string of the molecule is CCC1(Cl)C=CC(N=C(N)N)=C(Cl)C1. The third-order valence-corrected chi connectivity index (χ3v) is 2.96. The molecule has 5 heteroatoms. The van der Waals surface area contributed by atoms with E-state index in [-0.39, 0.29) is 10.8 Å². The molecule has 1 rings (SSSR count).